The van der Waals surface area contributed by atoms with E-state index in [2.05, 4.69) is 19.9 Å². The Bertz CT molecular complexity index is 859. The van der Waals surface area contributed by atoms with Crippen molar-refractivity contribution in [3.05, 3.63) is 46.0 Å². The summed E-state index contributed by atoms with van der Waals surface area (Å²) in [5.41, 5.74) is 12.9. The summed E-state index contributed by atoms with van der Waals surface area (Å²) in [6.45, 7) is 4.02. The Morgan fingerprint density at radius 3 is 2.38 bits per heavy atom. The van der Waals surface area contributed by atoms with Gasteiger partial charge in [-0.3, -0.25) is 9.78 Å². The molecule has 7 heteroatoms. The lowest BCUT2D eigenvalue weighted by atomic mass is 9.84. The highest BCUT2D eigenvalue weighted by Crippen LogP contribution is 2.30. The highest BCUT2D eigenvalue weighted by atomic mass is 16.1. The minimum absolute atomic E-state index is 0.0517. The largest absolute Gasteiger partial charge is 0.399 e. The van der Waals surface area contributed by atoms with E-state index in [0.717, 1.165) is 5.56 Å². The van der Waals surface area contributed by atoms with Crippen molar-refractivity contribution in [1.82, 2.24) is 19.9 Å². The number of fused-ring (bicyclic) bond motifs is 1. The Balaban J connectivity index is 2.16. The molecule has 21 heavy (non-hydrogen) atoms. The van der Waals surface area contributed by atoms with E-state index in [4.69, 9.17) is 11.5 Å². The highest BCUT2D eigenvalue weighted by Gasteiger charge is 2.27. The molecule has 6 N–H and O–H groups in total. The van der Waals surface area contributed by atoms with E-state index in [1.54, 1.807) is 0 Å². The van der Waals surface area contributed by atoms with Crippen LogP contribution in [0.4, 0.5) is 11.6 Å². The Hall–Kier alpha value is -2.83. The molecule has 3 aromatic rings. The number of nitrogens with zero attached hydrogens (tertiary/aromatic N) is 2. The topological polar surface area (TPSA) is 126 Å². The first-order valence-electron chi connectivity index (χ1n) is 6.50. The Morgan fingerprint density at radius 1 is 1.05 bits per heavy atom. The molecule has 3 rings (SSSR count). The number of aromatic amines is 2. The third kappa shape index (κ3) is 2.12. The molecule has 0 aliphatic carbocycles. The molecule has 0 atom stereocenters. The van der Waals surface area contributed by atoms with Gasteiger partial charge in [-0.2, -0.15) is 4.98 Å². The fraction of sp³-hybridized carbons (Fsp3) is 0.214. The SMILES string of the molecule is CC(C)(c1ccc(N)cc1)c1nc2nc(N)[nH]c(=O)c2[nH]1. The van der Waals surface area contributed by atoms with Crippen molar-refractivity contribution in [2.75, 3.05) is 11.5 Å². The third-order valence-electron chi connectivity index (χ3n) is 3.60. The molecule has 2 aromatic heterocycles. The van der Waals surface area contributed by atoms with Crippen LogP contribution in [0.2, 0.25) is 0 Å². The lowest BCUT2D eigenvalue weighted by molar-refractivity contribution is 0.601. The molecule has 1 aromatic carbocycles. The average Bonchev–Trinajstić information content (AvgIpc) is 2.84. The highest BCUT2D eigenvalue weighted by molar-refractivity contribution is 5.70. The first kappa shape index (κ1) is 13.2. The van der Waals surface area contributed by atoms with E-state index >= 15 is 0 Å². The van der Waals surface area contributed by atoms with Gasteiger partial charge in [0.05, 0.1) is 0 Å². The predicted molar refractivity (Wildman–Crippen MR) is 81.9 cm³/mol. The van der Waals surface area contributed by atoms with Crippen molar-refractivity contribution in [2.45, 2.75) is 19.3 Å². The maximum absolute atomic E-state index is 11.9. The van der Waals surface area contributed by atoms with Crippen LogP contribution in [-0.4, -0.2) is 19.9 Å². The monoisotopic (exact) mass is 284 g/mol. The summed E-state index contributed by atoms with van der Waals surface area (Å²) in [7, 11) is 0. The summed E-state index contributed by atoms with van der Waals surface area (Å²) >= 11 is 0. The van der Waals surface area contributed by atoms with Crippen LogP contribution in [0.1, 0.15) is 25.2 Å². The van der Waals surface area contributed by atoms with Gasteiger partial charge >= 0.3 is 0 Å². The molecular weight excluding hydrogens is 268 g/mol. The summed E-state index contributed by atoms with van der Waals surface area (Å²) < 4.78 is 0. The Labute approximate surface area is 120 Å². The quantitative estimate of drug-likeness (QED) is 0.525. The predicted octanol–water partition coefficient (Wildman–Crippen LogP) is 1.14. The summed E-state index contributed by atoms with van der Waals surface area (Å²) in [5, 5.41) is 0. The van der Waals surface area contributed by atoms with Crippen molar-refractivity contribution >= 4 is 22.8 Å². The van der Waals surface area contributed by atoms with Crippen LogP contribution in [0.25, 0.3) is 11.2 Å². The van der Waals surface area contributed by atoms with E-state index in [1.165, 1.54) is 0 Å². The molecule has 7 nitrogen and oxygen atoms in total. The van der Waals surface area contributed by atoms with Crippen LogP contribution in [0.15, 0.2) is 29.1 Å². The van der Waals surface area contributed by atoms with Crippen LogP contribution in [0.3, 0.4) is 0 Å². The summed E-state index contributed by atoms with van der Waals surface area (Å²) in [6.07, 6.45) is 0. The standard InChI is InChI=1S/C14H16N6O/c1-14(2,7-3-5-8(15)6-4-7)12-17-9-10(18-12)19-13(16)20-11(9)21/h3-6H,15H2,1-2H3,(H4,16,17,18,19,20,21). The lowest BCUT2D eigenvalue weighted by Gasteiger charge is -2.22. The number of H-pyrrole nitrogens is 2. The van der Waals surface area contributed by atoms with Gasteiger partial charge in [-0.05, 0) is 31.5 Å². The van der Waals surface area contributed by atoms with Gasteiger partial charge in [0, 0.05) is 11.1 Å². The van der Waals surface area contributed by atoms with Crippen LogP contribution in [-0.2, 0) is 5.41 Å². The van der Waals surface area contributed by atoms with Gasteiger partial charge in [0.15, 0.2) is 11.2 Å². The fourth-order valence-corrected chi connectivity index (χ4v) is 2.26. The number of rotatable bonds is 2. The second kappa shape index (κ2) is 4.34. The molecule has 0 unspecified atom stereocenters. The van der Waals surface area contributed by atoms with E-state index in [1.807, 2.05) is 38.1 Å². The average molecular weight is 284 g/mol. The van der Waals surface area contributed by atoms with E-state index in [0.29, 0.717) is 22.7 Å². The van der Waals surface area contributed by atoms with Gasteiger partial charge in [0.25, 0.3) is 5.56 Å². The zero-order valence-corrected chi connectivity index (χ0v) is 11.8. The van der Waals surface area contributed by atoms with Crippen molar-refractivity contribution in [3.8, 4) is 0 Å². The number of hydrogen-bond acceptors (Lipinski definition) is 5. The molecule has 0 radical (unpaired) electrons. The minimum atomic E-state index is -0.421. The van der Waals surface area contributed by atoms with E-state index < -0.39 is 5.41 Å². The van der Waals surface area contributed by atoms with E-state index in [-0.39, 0.29) is 11.5 Å². The molecule has 0 spiro atoms. The van der Waals surface area contributed by atoms with Crippen molar-refractivity contribution in [1.29, 1.82) is 0 Å². The maximum Gasteiger partial charge on any atom is 0.278 e. The normalized spacial score (nSPS) is 11.9. The molecule has 0 bridgehead atoms. The number of imidazole rings is 1. The van der Waals surface area contributed by atoms with Gasteiger partial charge in [-0.15, -0.1) is 0 Å². The summed E-state index contributed by atoms with van der Waals surface area (Å²) in [5.74, 6) is 0.696. The number of hydrogen-bond donors (Lipinski definition) is 4. The van der Waals surface area contributed by atoms with Crippen LogP contribution >= 0.6 is 0 Å². The number of nitrogens with one attached hydrogen (secondary N) is 2. The molecule has 0 amide bonds. The smallest absolute Gasteiger partial charge is 0.278 e. The second-order valence-corrected chi connectivity index (χ2v) is 5.48. The lowest BCUT2D eigenvalue weighted by Crippen LogP contribution is -2.20. The molecular formula is C14H16N6O. The first-order valence-corrected chi connectivity index (χ1v) is 6.50. The van der Waals surface area contributed by atoms with Gasteiger partial charge in [-0.1, -0.05) is 12.1 Å². The van der Waals surface area contributed by atoms with Crippen molar-refractivity contribution in [3.63, 3.8) is 0 Å². The molecule has 0 saturated heterocycles. The van der Waals surface area contributed by atoms with Crippen molar-refractivity contribution in [2.24, 2.45) is 0 Å². The molecule has 108 valence electrons. The summed E-state index contributed by atoms with van der Waals surface area (Å²) in [4.78, 5) is 25.8. The molecule has 0 aliphatic heterocycles. The van der Waals surface area contributed by atoms with Gasteiger partial charge in [0.2, 0.25) is 5.95 Å². The maximum atomic E-state index is 11.9. The molecule has 0 aliphatic rings. The van der Waals surface area contributed by atoms with Gasteiger partial charge in [-0.25, -0.2) is 4.98 Å². The first-order chi connectivity index (χ1) is 9.88. The number of nitrogens with two attached hydrogens (primary N) is 2. The molecule has 0 fully saturated rings. The number of benzene rings is 1. The zero-order chi connectivity index (χ0) is 15.2. The Kier molecular flexibility index (Phi) is 2.72. The number of aromatic nitrogens is 4. The number of nitrogen functional groups attached to an aromatic ring is 2. The van der Waals surface area contributed by atoms with Crippen LogP contribution in [0.5, 0.6) is 0 Å². The number of anilines is 2. The molecule has 0 saturated carbocycles. The zero-order valence-electron chi connectivity index (χ0n) is 11.8. The van der Waals surface area contributed by atoms with Crippen LogP contribution < -0.4 is 17.0 Å². The van der Waals surface area contributed by atoms with Gasteiger partial charge < -0.3 is 16.5 Å². The molecule has 2 heterocycles. The van der Waals surface area contributed by atoms with Gasteiger partial charge in [0.1, 0.15) is 5.82 Å². The van der Waals surface area contributed by atoms with Crippen LogP contribution in [0, 0.1) is 0 Å². The second-order valence-electron chi connectivity index (χ2n) is 5.48. The minimum Gasteiger partial charge on any atom is -0.399 e. The third-order valence-corrected chi connectivity index (χ3v) is 3.60. The van der Waals surface area contributed by atoms with E-state index in [9.17, 15) is 4.79 Å². The fourth-order valence-electron chi connectivity index (χ4n) is 2.26. The Morgan fingerprint density at radius 2 is 1.71 bits per heavy atom. The summed E-state index contributed by atoms with van der Waals surface area (Å²) in [6, 6.07) is 7.55. The van der Waals surface area contributed by atoms with Crippen molar-refractivity contribution < 1.29 is 0 Å².